The van der Waals surface area contributed by atoms with Gasteiger partial charge in [-0.25, -0.2) is 0 Å². The van der Waals surface area contributed by atoms with Crippen molar-refractivity contribution in [1.29, 1.82) is 0 Å². The van der Waals surface area contributed by atoms with Crippen LogP contribution in [0.1, 0.15) is 18.2 Å². The van der Waals surface area contributed by atoms with Crippen LogP contribution < -0.4 is 10.1 Å². The van der Waals surface area contributed by atoms with Gasteiger partial charge in [-0.15, -0.1) is 0 Å². The molecule has 4 nitrogen and oxygen atoms in total. The Morgan fingerprint density at radius 3 is 2.68 bits per heavy atom. The Balaban J connectivity index is 1.85. The summed E-state index contributed by atoms with van der Waals surface area (Å²) in [5, 5.41) is 7.80. The summed E-state index contributed by atoms with van der Waals surface area (Å²) in [5.74, 6) is 0.899. The van der Waals surface area contributed by atoms with Crippen molar-refractivity contribution < 1.29 is 4.74 Å². The Kier molecular flexibility index (Phi) is 4.98. The maximum Gasteiger partial charge on any atom is 0.118 e. The predicted octanol–water partition coefficient (Wildman–Crippen LogP) is 2.24. The Hall–Kier alpha value is -1.81. The van der Waals surface area contributed by atoms with E-state index in [-0.39, 0.29) is 0 Å². The van der Waals surface area contributed by atoms with Crippen molar-refractivity contribution in [3.05, 3.63) is 47.8 Å². The summed E-state index contributed by atoms with van der Waals surface area (Å²) >= 11 is 0. The van der Waals surface area contributed by atoms with Crippen LogP contribution in [0.25, 0.3) is 0 Å². The summed E-state index contributed by atoms with van der Waals surface area (Å²) in [6, 6.07) is 10.3. The van der Waals surface area contributed by atoms with Crippen LogP contribution in [0.5, 0.6) is 5.75 Å². The highest BCUT2D eigenvalue weighted by Gasteiger charge is 1.99. The molecule has 0 radical (unpaired) electrons. The first-order valence-corrected chi connectivity index (χ1v) is 6.68. The molecule has 1 aromatic carbocycles. The number of hydrogen-bond acceptors (Lipinski definition) is 3. The molecule has 102 valence electrons. The molecule has 0 atom stereocenters. The van der Waals surface area contributed by atoms with Crippen molar-refractivity contribution in [3.63, 3.8) is 0 Å². The average Bonchev–Trinajstić information content (AvgIpc) is 2.91. The molecule has 1 aromatic heterocycles. The highest BCUT2D eigenvalue weighted by Crippen LogP contribution is 2.12. The summed E-state index contributed by atoms with van der Waals surface area (Å²) < 4.78 is 7.15. The van der Waals surface area contributed by atoms with E-state index in [1.54, 1.807) is 7.11 Å². The van der Waals surface area contributed by atoms with E-state index in [1.807, 2.05) is 23.0 Å². The van der Waals surface area contributed by atoms with Crippen LogP contribution in [0, 0.1) is 0 Å². The molecule has 0 aliphatic heterocycles. The van der Waals surface area contributed by atoms with Gasteiger partial charge in [0.25, 0.3) is 0 Å². The van der Waals surface area contributed by atoms with E-state index in [2.05, 4.69) is 35.5 Å². The van der Waals surface area contributed by atoms with Gasteiger partial charge in [0, 0.05) is 19.3 Å². The molecular formula is C15H21N3O. The molecule has 0 unspecified atom stereocenters. The summed E-state index contributed by atoms with van der Waals surface area (Å²) in [6.45, 7) is 4.81. The van der Waals surface area contributed by atoms with Crippen LogP contribution >= 0.6 is 0 Å². The Labute approximate surface area is 114 Å². The van der Waals surface area contributed by atoms with Gasteiger partial charge in [-0.2, -0.15) is 5.10 Å². The molecule has 19 heavy (non-hydrogen) atoms. The molecule has 0 spiro atoms. The summed E-state index contributed by atoms with van der Waals surface area (Å²) in [7, 11) is 1.69. The van der Waals surface area contributed by atoms with Crippen molar-refractivity contribution in [2.75, 3.05) is 13.7 Å². The van der Waals surface area contributed by atoms with Crippen molar-refractivity contribution in [2.45, 2.75) is 26.4 Å². The molecule has 0 fully saturated rings. The topological polar surface area (TPSA) is 39.1 Å². The zero-order chi connectivity index (χ0) is 13.5. The Morgan fingerprint density at radius 2 is 2.00 bits per heavy atom. The molecule has 0 aliphatic rings. The monoisotopic (exact) mass is 259 g/mol. The molecule has 2 aromatic rings. The lowest BCUT2D eigenvalue weighted by atomic mass is 10.1. The van der Waals surface area contributed by atoms with E-state index >= 15 is 0 Å². The van der Waals surface area contributed by atoms with Gasteiger partial charge in [-0.05, 0) is 36.7 Å². The fourth-order valence-corrected chi connectivity index (χ4v) is 1.91. The Bertz CT molecular complexity index is 490. The fourth-order valence-electron chi connectivity index (χ4n) is 1.91. The lowest BCUT2D eigenvalue weighted by molar-refractivity contribution is 0.414. The lowest BCUT2D eigenvalue weighted by Crippen LogP contribution is -2.12. The first kappa shape index (κ1) is 13.6. The number of nitrogens with one attached hydrogen (secondary N) is 1. The van der Waals surface area contributed by atoms with E-state index in [4.69, 9.17) is 4.74 Å². The minimum Gasteiger partial charge on any atom is -0.497 e. The van der Waals surface area contributed by atoms with Gasteiger partial charge in [0.05, 0.1) is 12.8 Å². The number of rotatable bonds is 7. The molecule has 4 heteroatoms. The third-order valence-corrected chi connectivity index (χ3v) is 3.04. The average molecular weight is 259 g/mol. The molecule has 0 aliphatic carbocycles. The molecule has 0 amide bonds. The third-order valence-electron chi connectivity index (χ3n) is 3.04. The van der Waals surface area contributed by atoms with Crippen LogP contribution in [-0.4, -0.2) is 23.4 Å². The standard InChI is InChI=1S/C15H21N3O/c1-3-16-12-14-9-11-18(17-14)10-8-13-4-6-15(19-2)7-5-13/h4-7,9,11,16H,3,8,10,12H2,1-2H3. The van der Waals surface area contributed by atoms with Gasteiger partial charge in [0.2, 0.25) is 0 Å². The second kappa shape index (κ2) is 6.95. The maximum atomic E-state index is 5.15. The van der Waals surface area contributed by atoms with E-state index < -0.39 is 0 Å². The summed E-state index contributed by atoms with van der Waals surface area (Å²) in [4.78, 5) is 0. The number of methoxy groups -OCH3 is 1. The van der Waals surface area contributed by atoms with E-state index in [9.17, 15) is 0 Å². The SMILES string of the molecule is CCNCc1ccn(CCc2ccc(OC)cc2)n1. The maximum absolute atomic E-state index is 5.15. The van der Waals surface area contributed by atoms with E-state index in [0.29, 0.717) is 0 Å². The van der Waals surface area contributed by atoms with Gasteiger partial charge in [-0.3, -0.25) is 4.68 Å². The summed E-state index contributed by atoms with van der Waals surface area (Å²) in [5.41, 5.74) is 2.39. The van der Waals surface area contributed by atoms with Gasteiger partial charge in [0.15, 0.2) is 0 Å². The quantitative estimate of drug-likeness (QED) is 0.829. The fraction of sp³-hybridized carbons (Fsp3) is 0.400. The predicted molar refractivity (Wildman–Crippen MR) is 76.3 cm³/mol. The largest absolute Gasteiger partial charge is 0.497 e. The number of benzene rings is 1. The molecule has 0 saturated carbocycles. The van der Waals surface area contributed by atoms with Gasteiger partial charge in [-0.1, -0.05) is 19.1 Å². The first-order valence-electron chi connectivity index (χ1n) is 6.68. The van der Waals surface area contributed by atoms with Crippen molar-refractivity contribution in [3.8, 4) is 5.75 Å². The van der Waals surface area contributed by atoms with Crippen molar-refractivity contribution in [2.24, 2.45) is 0 Å². The van der Waals surface area contributed by atoms with E-state index in [1.165, 1.54) is 5.56 Å². The van der Waals surface area contributed by atoms with Crippen LogP contribution in [0.3, 0.4) is 0 Å². The smallest absolute Gasteiger partial charge is 0.118 e. The van der Waals surface area contributed by atoms with Crippen LogP contribution in [0.15, 0.2) is 36.5 Å². The molecule has 2 rings (SSSR count). The Morgan fingerprint density at radius 1 is 1.21 bits per heavy atom. The molecule has 0 saturated heterocycles. The van der Waals surface area contributed by atoms with Crippen LogP contribution in [-0.2, 0) is 19.5 Å². The van der Waals surface area contributed by atoms with Crippen LogP contribution in [0.4, 0.5) is 0 Å². The third kappa shape index (κ3) is 4.10. The zero-order valence-electron chi connectivity index (χ0n) is 11.6. The molecule has 0 bridgehead atoms. The highest BCUT2D eigenvalue weighted by atomic mass is 16.5. The summed E-state index contributed by atoms with van der Waals surface area (Å²) in [6.07, 6.45) is 3.02. The van der Waals surface area contributed by atoms with Crippen molar-refractivity contribution in [1.82, 2.24) is 15.1 Å². The van der Waals surface area contributed by atoms with Crippen molar-refractivity contribution >= 4 is 0 Å². The number of hydrogen-bond donors (Lipinski definition) is 1. The second-order valence-corrected chi connectivity index (χ2v) is 4.45. The normalized spacial score (nSPS) is 10.6. The highest BCUT2D eigenvalue weighted by molar-refractivity contribution is 5.27. The second-order valence-electron chi connectivity index (χ2n) is 4.45. The molecular weight excluding hydrogens is 238 g/mol. The molecule has 1 N–H and O–H groups in total. The number of aromatic nitrogens is 2. The van der Waals surface area contributed by atoms with Gasteiger partial charge in [0.1, 0.15) is 5.75 Å². The van der Waals surface area contributed by atoms with E-state index in [0.717, 1.165) is 37.5 Å². The van der Waals surface area contributed by atoms with Crippen LogP contribution in [0.2, 0.25) is 0 Å². The van der Waals surface area contributed by atoms with Gasteiger partial charge < -0.3 is 10.1 Å². The van der Waals surface area contributed by atoms with Gasteiger partial charge >= 0.3 is 0 Å². The minimum atomic E-state index is 0.839. The minimum absolute atomic E-state index is 0.839. The number of nitrogens with zero attached hydrogens (tertiary/aromatic N) is 2. The number of aryl methyl sites for hydroxylation is 2. The first-order chi connectivity index (χ1) is 9.31. The number of ether oxygens (including phenoxy) is 1. The molecule has 1 heterocycles. The zero-order valence-corrected chi connectivity index (χ0v) is 11.6. The lowest BCUT2D eigenvalue weighted by Gasteiger charge is -2.04.